The summed E-state index contributed by atoms with van der Waals surface area (Å²) in [4.78, 5) is 51.0. The van der Waals surface area contributed by atoms with Gasteiger partial charge in [-0.2, -0.15) is 5.10 Å². The molecule has 1 unspecified atom stereocenters. The number of aromatic nitrogens is 2. The average molecular weight is 462 g/mol. The number of amides is 3. The lowest BCUT2D eigenvalue weighted by molar-refractivity contribution is -0.123. The number of carbonyl (C=O) groups is 3. The largest absolute Gasteiger partial charge is 0.336 e. The molecule has 0 fully saturated rings. The number of fused-ring (bicyclic) bond motifs is 1. The van der Waals surface area contributed by atoms with Crippen molar-refractivity contribution in [2.24, 2.45) is 7.05 Å². The maximum absolute atomic E-state index is 13.0. The topological polar surface area (TPSA) is 122 Å². The number of hydrazine groups is 1. The lowest BCUT2D eigenvalue weighted by Gasteiger charge is -2.19. The first-order valence-electron chi connectivity index (χ1n) is 9.91. The van der Waals surface area contributed by atoms with E-state index in [0.29, 0.717) is 21.2 Å². The number of rotatable bonds is 5. The van der Waals surface area contributed by atoms with E-state index < -0.39 is 23.8 Å². The summed E-state index contributed by atoms with van der Waals surface area (Å²) in [5.74, 6) is -1.76. The van der Waals surface area contributed by atoms with Crippen LogP contribution >= 0.6 is 11.3 Å². The molecule has 2 heterocycles. The Morgan fingerprint density at radius 1 is 0.879 bits per heavy atom. The van der Waals surface area contributed by atoms with Crippen molar-refractivity contribution in [2.45, 2.75) is 6.04 Å². The van der Waals surface area contributed by atoms with Crippen LogP contribution in [0.25, 0.3) is 10.8 Å². The Hall–Kier alpha value is -4.31. The second kappa shape index (κ2) is 9.45. The molecule has 4 aromatic rings. The zero-order valence-corrected chi connectivity index (χ0v) is 18.3. The highest BCUT2D eigenvalue weighted by Gasteiger charge is 2.25. The molecule has 2 aromatic carbocycles. The summed E-state index contributed by atoms with van der Waals surface area (Å²) in [5, 5.41) is 9.18. The Morgan fingerprint density at radius 3 is 2.27 bits per heavy atom. The van der Waals surface area contributed by atoms with Crippen LogP contribution in [0.2, 0.25) is 0 Å². The molecule has 0 radical (unpaired) electrons. The first kappa shape index (κ1) is 21.9. The van der Waals surface area contributed by atoms with Gasteiger partial charge in [-0.25, -0.2) is 4.68 Å². The lowest BCUT2D eigenvalue weighted by Crippen LogP contribution is -2.48. The van der Waals surface area contributed by atoms with Crippen molar-refractivity contribution in [3.63, 3.8) is 0 Å². The zero-order valence-electron chi connectivity index (χ0n) is 17.4. The van der Waals surface area contributed by atoms with Crippen LogP contribution in [0, 0.1) is 0 Å². The molecule has 10 heteroatoms. The molecular weight excluding hydrogens is 442 g/mol. The minimum absolute atomic E-state index is 0.0214. The molecule has 33 heavy (non-hydrogen) atoms. The number of hydrogen-bond donors (Lipinski definition) is 3. The monoisotopic (exact) mass is 461 g/mol. The fourth-order valence-corrected chi connectivity index (χ4v) is 3.90. The number of nitrogens with one attached hydrogen (secondary N) is 3. The van der Waals surface area contributed by atoms with Gasteiger partial charge in [0.05, 0.1) is 10.3 Å². The van der Waals surface area contributed by atoms with Gasteiger partial charge >= 0.3 is 0 Å². The number of aryl methyl sites for hydroxylation is 1. The molecule has 3 amide bonds. The van der Waals surface area contributed by atoms with Crippen LogP contribution in [0.5, 0.6) is 0 Å². The van der Waals surface area contributed by atoms with Crippen LogP contribution in [0.1, 0.15) is 31.8 Å². The van der Waals surface area contributed by atoms with Gasteiger partial charge in [-0.05, 0) is 23.1 Å². The molecule has 4 rings (SSSR count). The smallest absolute Gasteiger partial charge is 0.290 e. The fourth-order valence-electron chi connectivity index (χ4n) is 3.27. The first-order chi connectivity index (χ1) is 16.0. The summed E-state index contributed by atoms with van der Waals surface area (Å²) in [6.45, 7) is 0. The summed E-state index contributed by atoms with van der Waals surface area (Å²) in [5.41, 5.74) is 4.86. The van der Waals surface area contributed by atoms with Crippen molar-refractivity contribution in [2.75, 3.05) is 0 Å². The summed E-state index contributed by atoms with van der Waals surface area (Å²) in [7, 11) is 1.44. The summed E-state index contributed by atoms with van der Waals surface area (Å²) < 4.78 is 1.06. The van der Waals surface area contributed by atoms with Gasteiger partial charge < -0.3 is 5.32 Å². The van der Waals surface area contributed by atoms with E-state index in [4.69, 9.17) is 0 Å². The number of nitrogens with zero attached hydrogens (tertiary/aromatic N) is 2. The number of thiophene rings is 1. The van der Waals surface area contributed by atoms with Crippen molar-refractivity contribution in [3.8, 4) is 0 Å². The summed E-state index contributed by atoms with van der Waals surface area (Å²) in [6.07, 6.45) is 0. The van der Waals surface area contributed by atoms with E-state index in [0.717, 1.165) is 4.68 Å². The van der Waals surface area contributed by atoms with Crippen molar-refractivity contribution >= 4 is 39.8 Å². The minimum atomic E-state index is -1.05. The maximum Gasteiger partial charge on any atom is 0.290 e. The van der Waals surface area contributed by atoms with Gasteiger partial charge in [-0.15, -0.1) is 11.3 Å². The lowest BCUT2D eigenvalue weighted by atomic mass is 10.1. The SMILES string of the molecule is Cn1nc(C(=O)NNC(=O)C(NC(=O)c2cccs2)c2ccccc2)c2ccccc2c1=O. The third-order valence-corrected chi connectivity index (χ3v) is 5.75. The van der Waals surface area contributed by atoms with E-state index in [2.05, 4.69) is 21.3 Å². The molecule has 0 saturated heterocycles. The summed E-state index contributed by atoms with van der Waals surface area (Å²) >= 11 is 1.25. The Morgan fingerprint density at radius 2 is 1.58 bits per heavy atom. The van der Waals surface area contributed by atoms with Crippen LogP contribution in [-0.2, 0) is 11.8 Å². The predicted molar refractivity (Wildman–Crippen MR) is 124 cm³/mol. The van der Waals surface area contributed by atoms with E-state index in [1.54, 1.807) is 72.1 Å². The molecule has 0 spiro atoms. The van der Waals surface area contributed by atoms with Crippen molar-refractivity contribution in [1.82, 2.24) is 25.9 Å². The van der Waals surface area contributed by atoms with Gasteiger partial charge in [0.2, 0.25) is 0 Å². The molecule has 0 saturated carbocycles. The fraction of sp³-hybridized carbons (Fsp3) is 0.0870. The van der Waals surface area contributed by atoms with Gasteiger partial charge in [0.25, 0.3) is 23.3 Å². The van der Waals surface area contributed by atoms with Gasteiger partial charge in [0, 0.05) is 12.4 Å². The Bertz CT molecular complexity index is 1380. The first-order valence-corrected chi connectivity index (χ1v) is 10.8. The van der Waals surface area contributed by atoms with Gasteiger partial charge in [-0.1, -0.05) is 54.6 Å². The zero-order chi connectivity index (χ0) is 23.4. The van der Waals surface area contributed by atoms with Crippen LogP contribution in [0.4, 0.5) is 0 Å². The van der Waals surface area contributed by atoms with E-state index in [9.17, 15) is 19.2 Å². The van der Waals surface area contributed by atoms with Gasteiger partial charge in [0.15, 0.2) is 5.69 Å². The minimum Gasteiger partial charge on any atom is -0.336 e. The molecule has 0 aliphatic carbocycles. The molecule has 166 valence electrons. The Labute approximate surface area is 192 Å². The molecule has 2 aromatic heterocycles. The van der Waals surface area contributed by atoms with Crippen molar-refractivity contribution in [1.29, 1.82) is 0 Å². The van der Waals surface area contributed by atoms with Crippen LogP contribution < -0.4 is 21.7 Å². The Kier molecular flexibility index (Phi) is 6.27. The van der Waals surface area contributed by atoms with E-state index in [1.807, 2.05) is 0 Å². The van der Waals surface area contributed by atoms with Gasteiger partial charge in [-0.3, -0.25) is 30.0 Å². The number of hydrogen-bond acceptors (Lipinski definition) is 6. The Balaban J connectivity index is 1.55. The van der Waals surface area contributed by atoms with E-state index in [-0.39, 0.29) is 11.3 Å². The molecule has 0 aliphatic heterocycles. The molecule has 3 N–H and O–H groups in total. The standard InChI is InChI=1S/C23H19N5O4S/c1-28-23(32)16-11-6-5-10-15(16)19(27-28)22(31)26-25-21(30)18(14-8-3-2-4-9-14)24-20(29)17-12-7-13-33-17/h2-13,18H,1H3,(H,24,29)(H,25,30)(H,26,31). The van der Waals surface area contributed by atoms with Crippen LogP contribution in [-0.4, -0.2) is 27.5 Å². The number of benzene rings is 2. The highest BCUT2D eigenvalue weighted by Crippen LogP contribution is 2.16. The normalized spacial score (nSPS) is 11.5. The summed E-state index contributed by atoms with van der Waals surface area (Å²) in [6, 6.07) is 17.6. The second-order valence-electron chi connectivity index (χ2n) is 7.06. The third-order valence-electron chi connectivity index (χ3n) is 4.89. The number of carbonyl (C=O) groups excluding carboxylic acids is 3. The third kappa shape index (κ3) is 4.65. The van der Waals surface area contributed by atoms with E-state index in [1.165, 1.54) is 18.4 Å². The highest BCUT2D eigenvalue weighted by atomic mass is 32.1. The van der Waals surface area contributed by atoms with E-state index >= 15 is 0 Å². The van der Waals surface area contributed by atoms with Gasteiger partial charge in [0.1, 0.15) is 6.04 Å². The van der Waals surface area contributed by atoms with Crippen molar-refractivity contribution < 1.29 is 14.4 Å². The predicted octanol–water partition coefficient (Wildman–Crippen LogP) is 1.93. The molecular formula is C23H19N5O4S. The highest BCUT2D eigenvalue weighted by molar-refractivity contribution is 7.12. The molecule has 9 nitrogen and oxygen atoms in total. The van der Waals surface area contributed by atoms with Crippen LogP contribution in [0.3, 0.4) is 0 Å². The quantitative estimate of drug-likeness (QED) is 0.392. The molecule has 0 aliphatic rings. The maximum atomic E-state index is 13.0. The van der Waals surface area contributed by atoms with Crippen LogP contribution in [0.15, 0.2) is 76.9 Å². The second-order valence-corrected chi connectivity index (χ2v) is 8.01. The average Bonchev–Trinajstić information content (AvgIpc) is 3.39. The van der Waals surface area contributed by atoms with Crippen molar-refractivity contribution in [3.05, 3.63) is 98.6 Å². The molecule has 0 bridgehead atoms. The molecule has 1 atom stereocenters.